The average Bonchev–Trinajstić information content (AvgIpc) is 3.24. The first-order chi connectivity index (χ1) is 16.4. The molecule has 3 rings (SSSR count). The fourth-order valence-electron chi connectivity index (χ4n) is 3.34. The SMILES string of the molecule is CNC(=O)/C(=C(/C)Nc1cccc(C(F)(F)F)c1)c1c(S(C)(=O)=O)cnn1-c1ccc(C#N)cc1. The topological polar surface area (TPSA) is 117 Å². The molecule has 2 aromatic carbocycles. The number of rotatable bonds is 6. The van der Waals surface area contributed by atoms with E-state index in [1.165, 1.54) is 55.1 Å². The monoisotopic (exact) mass is 503 g/mol. The lowest BCUT2D eigenvalue weighted by molar-refractivity contribution is -0.137. The maximum absolute atomic E-state index is 13.1. The molecule has 182 valence electrons. The quantitative estimate of drug-likeness (QED) is 0.495. The minimum atomic E-state index is -4.57. The van der Waals surface area contributed by atoms with Gasteiger partial charge >= 0.3 is 6.18 Å². The van der Waals surface area contributed by atoms with Gasteiger partial charge in [-0.15, -0.1) is 0 Å². The van der Waals surface area contributed by atoms with E-state index in [4.69, 9.17) is 5.26 Å². The molecule has 8 nitrogen and oxygen atoms in total. The number of nitrogens with zero attached hydrogens (tertiary/aromatic N) is 3. The van der Waals surface area contributed by atoms with Gasteiger partial charge in [-0.25, -0.2) is 13.1 Å². The smallest absolute Gasteiger partial charge is 0.358 e. The number of amides is 1. The molecular formula is C23H20F3N5O3S. The molecule has 0 atom stereocenters. The van der Waals surface area contributed by atoms with E-state index in [0.717, 1.165) is 24.6 Å². The highest BCUT2D eigenvalue weighted by atomic mass is 32.2. The molecule has 12 heteroatoms. The van der Waals surface area contributed by atoms with Crippen LogP contribution in [0.3, 0.4) is 0 Å². The summed E-state index contributed by atoms with van der Waals surface area (Å²) in [7, 11) is -2.54. The van der Waals surface area contributed by atoms with Crippen molar-refractivity contribution in [1.29, 1.82) is 5.26 Å². The molecular weight excluding hydrogens is 483 g/mol. The molecule has 0 saturated carbocycles. The van der Waals surface area contributed by atoms with Crippen LogP contribution < -0.4 is 10.6 Å². The van der Waals surface area contributed by atoms with E-state index < -0.39 is 27.5 Å². The number of carbonyl (C=O) groups is 1. The van der Waals surface area contributed by atoms with Gasteiger partial charge in [-0.05, 0) is 49.4 Å². The number of carbonyl (C=O) groups excluding carboxylic acids is 1. The molecule has 0 bridgehead atoms. The number of likely N-dealkylation sites (N-methyl/N-ethyl adjacent to an activating group) is 1. The number of hydrogen-bond acceptors (Lipinski definition) is 6. The Hall–Kier alpha value is -4.11. The number of benzene rings is 2. The van der Waals surface area contributed by atoms with Crippen LogP contribution in [0, 0.1) is 11.3 Å². The Bertz CT molecular complexity index is 1450. The Morgan fingerprint density at radius 3 is 2.34 bits per heavy atom. The molecule has 1 heterocycles. The highest BCUT2D eigenvalue weighted by molar-refractivity contribution is 7.90. The summed E-state index contributed by atoms with van der Waals surface area (Å²) in [5, 5.41) is 18.4. The molecule has 3 aromatic rings. The van der Waals surface area contributed by atoms with Crippen LogP contribution in [-0.4, -0.2) is 37.4 Å². The third kappa shape index (κ3) is 5.52. The van der Waals surface area contributed by atoms with Crippen molar-refractivity contribution < 1.29 is 26.4 Å². The van der Waals surface area contributed by atoms with E-state index in [1.807, 2.05) is 6.07 Å². The summed E-state index contributed by atoms with van der Waals surface area (Å²) in [6, 6.07) is 12.4. The van der Waals surface area contributed by atoms with Crippen molar-refractivity contribution in [3.8, 4) is 11.8 Å². The second-order valence-corrected chi connectivity index (χ2v) is 9.47. The van der Waals surface area contributed by atoms with E-state index >= 15 is 0 Å². The van der Waals surface area contributed by atoms with Crippen molar-refractivity contribution in [2.24, 2.45) is 0 Å². The summed E-state index contributed by atoms with van der Waals surface area (Å²) >= 11 is 0. The van der Waals surface area contributed by atoms with Crippen molar-refractivity contribution in [3.05, 3.63) is 77.2 Å². The summed E-state index contributed by atoms with van der Waals surface area (Å²) in [6.45, 7) is 1.44. The molecule has 0 aliphatic rings. The molecule has 0 radical (unpaired) electrons. The second kappa shape index (κ2) is 9.63. The average molecular weight is 504 g/mol. The number of aromatic nitrogens is 2. The molecule has 35 heavy (non-hydrogen) atoms. The largest absolute Gasteiger partial charge is 0.416 e. The second-order valence-electron chi connectivity index (χ2n) is 7.48. The van der Waals surface area contributed by atoms with Gasteiger partial charge in [0.15, 0.2) is 9.84 Å². The van der Waals surface area contributed by atoms with Crippen molar-refractivity contribution in [3.63, 3.8) is 0 Å². The van der Waals surface area contributed by atoms with Crippen LogP contribution in [0.5, 0.6) is 0 Å². The molecule has 1 aromatic heterocycles. The third-order valence-electron chi connectivity index (χ3n) is 4.96. The molecule has 2 N–H and O–H groups in total. The Morgan fingerprint density at radius 1 is 1.14 bits per heavy atom. The van der Waals surface area contributed by atoms with Crippen LogP contribution in [0.4, 0.5) is 18.9 Å². The van der Waals surface area contributed by atoms with Crippen LogP contribution in [-0.2, 0) is 20.8 Å². The first kappa shape index (κ1) is 25.5. The van der Waals surface area contributed by atoms with Crippen molar-refractivity contribution in [2.75, 3.05) is 18.6 Å². The fourth-order valence-corrected chi connectivity index (χ4v) is 4.12. The number of allylic oxidation sites excluding steroid dienone is 1. The molecule has 0 aliphatic carbocycles. The van der Waals surface area contributed by atoms with Crippen molar-refractivity contribution in [2.45, 2.75) is 18.0 Å². The summed E-state index contributed by atoms with van der Waals surface area (Å²) < 4.78 is 65.8. The van der Waals surface area contributed by atoms with Crippen LogP contribution >= 0.6 is 0 Å². The highest BCUT2D eigenvalue weighted by Crippen LogP contribution is 2.33. The Kier molecular flexibility index (Phi) is 7.02. The number of hydrogen-bond donors (Lipinski definition) is 2. The first-order valence-electron chi connectivity index (χ1n) is 10.0. The predicted octanol–water partition coefficient (Wildman–Crippen LogP) is 3.76. The maximum Gasteiger partial charge on any atom is 0.416 e. The lowest BCUT2D eigenvalue weighted by Crippen LogP contribution is -2.24. The number of alkyl halides is 3. The third-order valence-corrected chi connectivity index (χ3v) is 6.06. The predicted molar refractivity (Wildman–Crippen MR) is 123 cm³/mol. The molecule has 0 unspecified atom stereocenters. The van der Waals surface area contributed by atoms with E-state index in [0.29, 0.717) is 11.3 Å². The highest BCUT2D eigenvalue weighted by Gasteiger charge is 2.31. The molecule has 0 saturated heterocycles. The fraction of sp³-hybridized carbons (Fsp3) is 0.174. The lowest BCUT2D eigenvalue weighted by atomic mass is 10.1. The zero-order chi connectivity index (χ0) is 26.0. The van der Waals surface area contributed by atoms with Gasteiger partial charge in [-0.1, -0.05) is 6.07 Å². The molecule has 1 amide bonds. The van der Waals surface area contributed by atoms with Crippen molar-refractivity contribution >= 4 is 27.0 Å². The number of nitriles is 1. The Morgan fingerprint density at radius 2 is 1.80 bits per heavy atom. The summed E-state index contributed by atoms with van der Waals surface area (Å²) in [6.07, 6.45) is -2.53. The number of nitrogens with one attached hydrogen (secondary N) is 2. The minimum Gasteiger partial charge on any atom is -0.358 e. The number of anilines is 1. The summed E-state index contributed by atoms with van der Waals surface area (Å²) in [4.78, 5) is 12.7. The van der Waals surface area contributed by atoms with Gasteiger partial charge in [0.2, 0.25) is 0 Å². The standard InChI is InChI=1S/C23H20F3N5O3S/c1-14(30-17-6-4-5-16(11-17)23(24,25)26)20(22(32)28-2)21-19(35(3,33)34)13-29-31(21)18-9-7-15(12-27)8-10-18/h4-11,13,30H,1-3H3,(H,28,32)/b20-14-. The molecule has 0 fully saturated rings. The van der Waals surface area contributed by atoms with Crippen LogP contribution in [0.1, 0.15) is 23.7 Å². The van der Waals surface area contributed by atoms with Crippen LogP contribution in [0.25, 0.3) is 11.3 Å². The lowest BCUT2D eigenvalue weighted by Gasteiger charge is -2.17. The van der Waals surface area contributed by atoms with Gasteiger partial charge in [-0.3, -0.25) is 4.79 Å². The Labute approximate surface area is 199 Å². The van der Waals surface area contributed by atoms with Crippen LogP contribution in [0.2, 0.25) is 0 Å². The normalized spacial score (nSPS) is 12.5. The van der Waals surface area contributed by atoms with Crippen molar-refractivity contribution in [1.82, 2.24) is 15.1 Å². The summed E-state index contributed by atoms with van der Waals surface area (Å²) in [5.74, 6) is -0.692. The van der Waals surface area contributed by atoms with Gasteiger partial charge in [0.1, 0.15) is 10.6 Å². The maximum atomic E-state index is 13.1. The van der Waals surface area contributed by atoms with Gasteiger partial charge in [0.25, 0.3) is 5.91 Å². The van der Waals surface area contributed by atoms with E-state index in [1.54, 1.807) is 0 Å². The molecule has 0 spiro atoms. The van der Waals surface area contributed by atoms with E-state index in [2.05, 4.69) is 15.7 Å². The molecule has 0 aliphatic heterocycles. The van der Waals surface area contributed by atoms with E-state index in [-0.39, 0.29) is 27.5 Å². The number of sulfone groups is 1. The Balaban J connectivity index is 2.26. The summed E-state index contributed by atoms with van der Waals surface area (Å²) in [5.41, 5.74) is -0.276. The van der Waals surface area contributed by atoms with Gasteiger partial charge in [-0.2, -0.15) is 23.5 Å². The zero-order valence-electron chi connectivity index (χ0n) is 18.8. The first-order valence-corrected chi connectivity index (χ1v) is 11.9. The zero-order valence-corrected chi connectivity index (χ0v) is 19.6. The van der Waals surface area contributed by atoms with Gasteiger partial charge in [0.05, 0.1) is 34.7 Å². The van der Waals surface area contributed by atoms with E-state index in [9.17, 15) is 26.4 Å². The van der Waals surface area contributed by atoms with Gasteiger partial charge in [0, 0.05) is 24.7 Å². The number of halogens is 3. The van der Waals surface area contributed by atoms with Crippen LogP contribution in [0.15, 0.2) is 65.3 Å². The minimum absolute atomic E-state index is 0.0454. The van der Waals surface area contributed by atoms with Gasteiger partial charge < -0.3 is 10.6 Å².